The van der Waals surface area contributed by atoms with E-state index in [2.05, 4.69) is 30.1 Å². The quantitative estimate of drug-likeness (QED) is 0.0425. The molecule has 1 atom stereocenters. The molecule has 5 rings (SSSR count). The van der Waals surface area contributed by atoms with E-state index < -0.39 is 18.4 Å². The smallest absolute Gasteiger partial charge is 0.465 e. The highest BCUT2D eigenvalue weighted by Crippen LogP contribution is 2.31. The van der Waals surface area contributed by atoms with Gasteiger partial charge in [-0.15, -0.1) is 15.0 Å². The van der Waals surface area contributed by atoms with E-state index in [9.17, 15) is 9.59 Å². The summed E-state index contributed by atoms with van der Waals surface area (Å²) in [7, 11) is 0. The average Bonchev–Trinajstić information content (AvgIpc) is 3.80. The van der Waals surface area contributed by atoms with Crippen LogP contribution in [0, 0.1) is 0 Å². The second kappa shape index (κ2) is 20.2. The highest BCUT2D eigenvalue weighted by molar-refractivity contribution is 6.02. The van der Waals surface area contributed by atoms with Crippen LogP contribution in [-0.2, 0) is 30.4 Å². The van der Waals surface area contributed by atoms with Crippen molar-refractivity contribution in [1.29, 1.82) is 0 Å². The summed E-state index contributed by atoms with van der Waals surface area (Å²) in [5.41, 5.74) is 4.77. The Morgan fingerprint density at radius 2 is 1.45 bits per heavy atom. The summed E-state index contributed by atoms with van der Waals surface area (Å²) in [6.45, 7) is 4.34. The second-order valence-electron chi connectivity index (χ2n) is 11.8. The van der Waals surface area contributed by atoms with Gasteiger partial charge in [0.05, 0.1) is 67.0 Å². The zero-order valence-electron chi connectivity index (χ0n) is 30.1. The molecule has 1 unspecified atom stereocenters. The largest absolute Gasteiger partial charge is 0.510 e. The highest BCUT2D eigenvalue weighted by atomic mass is 17.1. The molecule has 0 fully saturated rings. The first-order valence-corrected chi connectivity index (χ1v) is 17.4. The number of imidazole rings is 1. The predicted molar refractivity (Wildman–Crippen MR) is 187 cm³/mol. The van der Waals surface area contributed by atoms with Crippen LogP contribution in [0.25, 0.3) is 33.5 Å². The van der Waals surface area contributed by atoms with E-state index in [1.54, 1.807) is 25.1 Å². The summed E-state index contributed by atoms with van der Waals surface area (Å²) in [6, 6.07) is 20.9. The summed E-state index contributed by atoms with van der Waals surface area (Å²) in [6.07, 6.45) is -0.143. The molecule has 2 heterocycles. The summed E-state index contributed by atoms with van der Waals surface area (Å²) in [5.74, 6) is -0.218. The Kier molecular flexibility index (Phi) is 14.9. The van der Waals surface area contributed by atoms with E-state index in [4.69, 9.17) is 39.8 Å². The number of tetrazole rings is 1. The van der Waals surface area contributed by atoms with Crippen molar-refractivity contribution >= 4 is 23.2 Å². The molecule has 20 heteroatoms. The van der Waals surface area contributed by atoms with Gasteiger partial charge in [0.1, 0.15) is 0 Å². The van der Waals surface area contributed by atoms with Crippen LogP contribution in [0.4, 0.5) is 4.79 Å². The Labute approximate surface area is 314 Å². The molecule has 0 saturated heterocycles. The van der Waals surface area contributed by atoms with E-state index in [1.807, 2.05) is 60.0 Å². The van der Waals surface area contributed by atoms with E-state index in [1.165, 1.54) is 0 Å². The molecule has 0 saturated carbocycles. The van der Waals surface area contributed by atoms with Gasteiger partial charge in [-0.1, -0.05) is 54.6 Å². The maximum Gasteiger partial charge on any atom is 0.510 e. The first-order chi connectivity index (χ1) is 26.6. The topological polar surface area (TPSA) is 238 Å². The Morgan fingerprint density at radius 1 is 0.800 bits per heavy atom. The number of aromatic nitrogens is 6. The van der Waals surface area contributed by atoms with E-state index in [0.29, 0.717) is 72.8 Å². The van der Waals surface area contributed by atoms with Crippen molar-refractivity contribution in [2.24, 2.45) is 0 Å². The van der Waals surface area contributed by atoms with Gasteiger partial charge in [0.25, 0.3) is 6.01 Å². The van der Waals surface area contributed by atoms with Crippen LogP contribution in [0.15, 0.2) is 66.7 Å². The predicted octanol–water partition coefficient (Wildman–Crippen LogP) is 5.22. The van der Waals surface area contributed by atoms with Crippen LogP contribution in [0.2, 0.25) is 0 Å². The summed E-state index contributed by atoms with van der Waals surface area (Å²) >= 11 is 0. The third-order valence-corrected chi connectivity index (χ3v) is 7.96. The molecule has 0 bridgehead atoms. The lowest BCUT2D eigenvalue weighted by Crippen LogP contribution is -2.19. The first-order valence-electron chi connectivity index (χ1n) is 17.4. The van der Waals surface area contributed by atoms with Gasteiger partial charge >= 0.3 is 12.1 Å². The zero-order chi connectivity index (χ0) is 39.2. The lowest BCUT2D eigenvalue weighted by Gasteiger charge is -2.13. The molecule has 55 heavy (non-hydrogen) atoms. The number of carbonyl (C=O) groups is 2. The first kappa shape index (κ1) is 40.6. The van der Waals surface area contributed by atoms with Crippen LogP contribution in [0.1, 0.15) is 61.7 Å². The van der Waals surface area contributed by atoms with Crippen molar-refractivity contribution in [1.82, 2.24) is 40.5 Å². The van der Waals surface area contributed by atoms with Crippen LogP contribution in [0.5, 0.6) is 6.01 Å². The molecular weight excluding hydrogens is 724 g/mol. The summed E-state index contributed by atoms with van der Waals surface area (Å²) in [4.78, 5) is 40.1. The fourth-order valence-corrected chi connectivity index (χ4v) is 5.42. The Balaban J connectivity index is 1.26. The lowest BCUT2D eigenvalue weighted by molar-refractivity contribution is -0.492. The van der Waals surface area contributed by atoms with Crippen molar-refractivity contribution in [3.8, 4) is 28.5 Å². The minimum absolute atomic E-state index is 0.0260. The second-order valence-corrected chi connectivity index (χ2v) is 11.8. The van der Waals surface area contributed by atoms with Crippen molar-refractivity contribution in [3.05, 3.63) is 77.9 Å². The van der Waals surface area contributed by atoms with Gasteiger partial charge in [-0.2, -0.15) is 4.98 Å². The summed E-state index contributed by atoms with van der Waals surface area (Å²) < 4.78 is 23.5. The Morgan fingerprint density at radius 3 is 2.13 bits per heavy atom. The normalized spacial score (nSPS) is 12.0. The van der Waals surface area contributed by atoms with Gasteiger partial charge in [-0.3, -0.25) is 35.1 Å². The third kappa shape index (κ3) is 11.5. The Bertz CT molecular complexity index is 1990. The molecule has 294 valence electrons. The molecule has 4 N–H and O–H groups in total. The maximum absolute atomic E-state index is 13.2. The number of carbonyl (C=O) groups excluding carboxylic acids is 2. The van der Waals surface area contributed by atoms with Crippen molar-refractivity contribution in [2.45, 2.75) is 52.3 Å². The average molecular weight is 767 g/mol. The number of esters is 1. The summed E-state index contributed by atoms with van der Waals surface area (Å²) in [5, 5.41) is 46.3. The van der Waals surface area contributed by atoms with Gasteiger partial charge in [0, 0.05) is 5.56 Å². The van der Waals surface area contributed by atoms with Crippen LogP contribution < -0.4 is 4.74 Å². The maximum atomic E-state index is 13.2. The number of ether oxygens (including phenoxy) is 4. The zero-order valence-corrected chi connectivity index (χ0v) is 30.1. The number of nitrogens with zero attached hydrogens (tertiary/aromatic N) is 8. The molecule has 2 aromatic heterocycles. The SMILES string of the molecule is CCOc1nc2cccc(C(=O)OCCCCON(O)O)c2n1Cc1ccc(-c2ccccc2-c2nnn(C(C)OC(=O)OCCCCON(O)O)n2)cc1. The molecule has 5 aromatic rings. The lowest BCUT2D eigenvalue weighted by atomic mass is 9.98. The standard InChI is InChI=1S/C35H42N8O12/c1-3-50-34-36-30-14-10-13-29(33(44)51-19-6-8-21-53-42(46)47)31(30)40(34)23-25-15-17-26(18-16-25)27-11-4-5-12-28(27)32-37-39-41(38-32)24(2)55-35(45)52-20-7-9-22-54-43(48)49/h4-5,10-18,24,46-49H,3,6-9,19-23H2,1-2H3. The van der Waals surface area contributed by atoms with E-state index in [0.717, 1.165) is 21.5 Å². The Hall–Kier alpha value is -5.58. The number of hydrogen-bond donors (Lipinski definition) is 4. The number of hydrogen-bond acceptors (Lipinski definition) is 18. The molecule has 20 nitrogen and oxygen atoms in total. The van der Waals surface area contributed by atoms with Crippen LogP contribution in [-0.4, -0.2) is 107 Å². The fourth-order valence-electron chi connectivity index (χ4n) is 5.42. The molecule has 0 spiro atoms. The minimum Gasteiger partial charge on any atom is -0.465 e. The molecule has 0 amide bonds. The molecule has 0 radical (unpaired) electrons. The van der Waals surface area contributed by atoms with Gasteiger partial charge in [-0.05, 0) is 73.6 Å². The van der Waals surface area contributed by atoms with Crippen LogP contribution >= 0.6 is 0 Å². The molecule has 3 aromatic carbocycles. The number of benzene rings is 3. The number of para-hydroxylation sites is 1. The van der Waals surface area contributed by atoms with Gasteiger partial charge in [0.2, 0.25) is 12.1 Å². The van der Waals surface area contributed by atoms with Crippen LogP contribution in [0.3, 0.4) is 0 Å². The number of rotatable bonds is 21. The fraction of sp³-hybridized carbons (Fsp3) is 0.371. The molecule has 0 aliphatic rings. The van der Waals surface area contributed by atoms with Crippen molar-refractivity contribution in [3.63, 3.8) is 0 Å². The minimum atomic E-state index is -0.925. The van der Waals surface area contributed by atoms with E-state index >= 15 is 0 Å². The monoisotopic (exact) mass is 766 g/mol. The van der Waals surface area contributed by atoms with Gasteiger partial charge in [0.15, 0.2) is 0 Å². The van der Waals surface area contributed by atoms with Gasteiger partial charge < -0.3 is 18.9 Å². The molecule has 0 aliphatic carbocycles. The number of fused-ring (bicyclic) bond motifs is 1. The van der Waals surface area contributed by atoms with Crippen molar-refractivity contribution in [2.75, 3.05) is 33.0 Å². The molecular formula is C35H42N8O12. The van der Waals surface area contributed by atoms with E-state index in [-0.39, 0.29) is 37.2 Å². The number of unbranched alkanes of at least 4 members (excludes halogenated alkanes) is 2. The molecule has 0 aliphatic heterocycles. The third-order valence-electron chi connectivity index (χ3n) is 7.96. The van der Waals surface area contributed by atoms with Gasteiger partial charge in [-0.25, -0.2) is 9.59 Å². The van der Waals surface area contributed by atoms with Crippen molar-refractivity contribution < 1.29 is 59.0 Å². The highest BCUT2D eigenvalue weighted by Gasteiger charge is 2.21.